The van der Waals surface area contributed by atoms with E-state index in [-0.39, 0.29) is 12.0 Å². The van der Waals surface area contributed by atoms with Crippen molar-refractivity contribution in [2.75, 3.05) is 14.1 Å². The lowest BCUT2D eigenvalue weighted by atomic mass is 9.76. The zero-order chi connectivity index (χ0) is 15.2. The lowest BCUT2D eigenvalue weighted by Crippen LogP contribution is -2.70. The highest BCUT2D eigenvalue weighted by molar-refractivity contribution is 6.00. The largest absolute Gasteiger partial charge is 0.481 e. The van der Waals surface area contributed by atoms with Crippen LogP contribution in [0, 0.1) is 17.8 Å². The van der Waals surface area contributed by atoms with E-state index in [2.05, 4.69) is 5.32 Å². The van der Waals surface area contributed by atoms with Gasteiger partial charge in [-0.05, 0) is 12.3 Å². The number of urea groups is 1. The van der Waals surface area contributed by atoms with Gasteiger partial charge in [0.15, 0.2) is 0 Å². The summed E-state index contributed by atoms with van der Waals surface area (Å²) in [6.45, 7) is 3.99. The average molecular weight is 283 g/mol. The van der Waals surface area contributed by atoms with E-state index in [4.69, 9.17) is 0 Å². The minimum absolute atomic E-state index is 0.0243. The summed E-state index contributed by atoms with van der Waals surface area (Å²) < 4.78 is 0. The van der Waals surface area contributed by atoms with Crippen LogP contribution in [0.25, 0.3) is 0 Å². The second kappa shape index (κ2) is 5.05. The third-order valence-electron chi connectivity index (χ3n) is 4.41. The first-order valence-electron chi connectivity index (χ1n) is 6.79. The number of rotatable bonds is 2. The zero-order valence-corrected chi connectivity index (χ0v) is 12.2. The Balaban J connectivity index is 2.38. The van der Waals surface area contributed by atoms with Crippen molar-refractivity contribution >= 4 is 17.9 Å². The van der Waals surface area contributed by atoms with Gasteiger partial charge in [-0.3, -0.25) is 19.8 Å². The molecule has 2 fully saturated rings. The number of hydrogen-bond donors (Lipinski definition) is 2. The molecule has 2 aliphatic heterocycles. The van der Waals surface area contributed by atoms with E-state index in [0.717, 1.165) is 4.90 Å². The van der Waals surface area contributed by atoms with Crippen LogP contribution >= 0.6 is 0 Å². The van der Waals surface area contributed by atoms with Crippen LogP contribution in [0.15, 0.2) is 0 Å². The molecule has 0 aliphatic carbocycles. The number of fused-ring (bicyclic) bond motifs is 1. The summed E-state index contributed by atoms with van der Waals surface area (Å²) in [6, 6.07) is -0.430. The zero-order valence-electron chi connectivity index (χ0n) is 12.2. The molecule has 0 bridgehead atoms. The topological polar surface area (TPSA) is 90.0 Å². The Bertz CT molecular complexity index is 451. The lowest BCUT2D eigenvalue weighted by molar-refractivity contribution is -0.158. The summed E-state index contributed by atoms with van der Waals surface area (Å²) in [7, 11) is 2.99. The molecular formula is C13H21N3O4. The van der Waals surface area contributed by atoms with Crippen molar-refractivity contribution in [3.8, 4) is 0 Å². The molecule has 0 aromatic heterocycles. The van der Waals surface area contributed by atoms with Crippen molar-refractivity contribution in [3.63, 3.8) is 0 Å². The van der Waals surface area contributed by atoms with E-state index in [1.165, 1.54) is 11.9 Å². The van der Waals surface area contributed by atoms with Crippen LogP contribution in [0.2, 0.25) is 0 Å². The third kappa shape index (κ3) is 2.15. The van der Waals surface area contributed by atoms with Gasteiger partial charge < -0.3 is 10.0 Å². The number of nitrogens with zero attached hydrogens (tertiary/aromatic N) is 2. The molecule has 7 nitrogen and oxygen atoms in total. The van der Waals surface area contributed by atoms with E-state index in [1.54, 1.807) is 7.05 Å². The molecule has 20 heavy (non-hydrogen) atoms. The Labute approximate surface area is 117 Å². The number of piperidine rings is 1. The number of carbonyl (C=O) groups is 3. The standard InChI is InChI=1S/C13H21N3O4/c1-6(2)8-5-7(12(18)19)9-10(14-8)15(3)13(20)16(4)11(9)17/h6-10,14H,5H2,1-4H3,(H,18,19). The minimum Gasteiger partial charge on any atom is -0.481 e. The summed E-state index contributed by atoms with van der Waals surface area (Å²) in [5.41, 5.74) is 0. The monoisotopic (exact) mass is 283 g/mol. The number of carboxylic acids is 1. The van der Waals surface area contributed by atoms with Gasteiger partial charge in [0.05, 0.1) is 18.0 Å². The Morgan fingerprint density at radius 2 is 1.95 bits per heavy atom. The fourth-order valence-electron chi connectivity index (χ4n) is 3.08. The summed E-state index contributed by atoms with van der Waals surface area (Å²) in [6.07, 6.45) is -0.149. The first-order chi connectivity index (χ1) is 9.25. The summed E-state index contributed by atoms with van der Waals surface area (Å²) in [5, 5.41) is 12.7. The second-order valence-electron chi connectivity index (χ2n) is 5.96. The number of carbonyl (C=O) groups excluding carboxylic acids is 2. The molecule has 4 atom stereocenters. The maximum absolute atomic E-state index is 12.3. The van der Waals surface area contributed by atoms with Crippen molar-refractivity contribution in [3.05, 3.63) is 0 Å². The van der Waals surface area contributed by atoms with Gasteiger partial charge in [0.1, 0.15) is 0 Å². The smallest absolute Gasteiger partial charge is 0.327 e. The number of imide groups is 1. The van der Waals surface area contributed by atoms with Gasteiger partial charge in [0.25, 0.3) is 0 Å². The van der Waals surface area contributed by atoms with Crippen LogP contribution in [-0.4, -0.2) is 59.1 Å². The predicted molar refractivity (Wildman–Crippen MR) is 70.7 cm³/mol. The molecule has 0 saturated carbocycles. The first-order valence-corrected chi connectivity index (χ1v) is 6.79. The van der Waals surface area contributed by atoms with Crippen LogP contribution in [0.4, 0.5) is 4.79 Å². The molecular weight excluding hydrogens is 262 g/mol. The van der Waals surface area contributed by atoms with Crippen LogP contribution in [0.1, 0.15) is 20.3 Å². The SMILES string of the molecule is CC(C)C1CC(C(=O)O)C2C(=O)N(C)C(=O)N(C)C2N1. The lowest BCUT2D eigenvalue weighted by Gasteiger charge is -2.49. The van der Waals surface area contributed by atoms with Crippen molar-refractivity contribution in [1.29, 1.82) is 0 Å². The van der Waals surface area contributed by atoms with E-state index >= 15 is 0 Å². The van der Waals surface area contributed by atoms with E-state index in [9.17, 15) is 19.5 Å². The van der Waals surface area contributed by atoms with Crippen molar-refractivity contribution in [2.24, 2.45) is 17.8 Å². The molecule has 0 radical (unpaired) electrons. The van der Waals surface area contributed by atoms with Gasteiger partial charge in [-0.2, -0.15) is 0 Å². The molecule has 3 amide bonds. The highest BCUT2D eigenvalue weighted by atomic mass is 16.4. The van der Waals surface area contributed by atoms with Gasteiger partial charge in [0, 0.05) is 20.1 Å². The number of nitrogens with one attached hydrogen (secondary N) is 1. The van der Waals surface area contributed by atoms with Gasteiger partial charge in [-0.1, -0.05) is 13.8 Å². The van der Waals surface area contributed by atoms with Gasteiger partial charge >= 0.3 is 12.0 Å². The molecule has 2 rings (SSSR count). The second-order valence-corrected chi connectivity index (χ2v) is 5.96. The van der Waals surface area contributed by atoms with Crippen molar-refractivity contribution in [2.45, 2.75) is 32.5 Å². The molecule has 112 valence electrons. The van der Waals surface area contributed by atoms with E-state index in [1.807, 2.05) is 13.8 Å². The Kier molecular flexibility index (Phi) is 3.73. The van der Waals surface area contributed by atoms with Gasteiger partial charge in [0.2, 0.25) is 5.91 Å². The summed E-state index contributed by atoms with van der Waals surface area (Å²) >= 11 is 0. The fourth-order valence-corrected chi connectivity index (χ4v) is 3.08. The molecule has 7 heteroatoms. The maximum atomic E-state index is 12.3. The van der Waals surface area contributed by atoms with Crippen molar-refractivity contribution in [1.82, 2.24) is 15.1 Å². The van der Waals surface area contributed by atoms with E-state index in [0.29, 0.717) is 6.42 Å². The molecule has 2 N–H and O–H groups in total. The van der Waals surface area contributed by atoms with Crippen LogP contribution < -0.4 is 5.32 Å². The molecule has 0 spiro atoms. The molecule has 2 saturated heterocycles. The minimum atomic E-state index is -0.975. The summed E-state index contributed by atoms with van der Waals surface area (Å²) in [4.78, 5) is 38.2. The molecule has 2 aliphatic rings. The Morgan fingerprint density at radius 3 is 2.45 bits per heavy atom. The normalized spacial score (nSPS) is 34.5. The van der Waals surface area contributed by atoms with Crippen LogP contribution in [-0.2, 0) is 9.59 Å². The van der Waals surface area contributed by atoms with Gasteiger partial charge in [-0.25, -0.2) is 4.79 Å². The fraction of sp³-hybridized carbons (Fsp3) is 0.769. The third-order valence-corrected chi connectivity index (χ3v) is 4.41. The van der Waals surface area contributed by atoms with Crippen molar-refractivity contribution < 1.29 is 19.5 Å². The maximum Gasteiger partial charge on any atom is 0.327 e. The first kappa shape index (κ1) is 14.8. The Morgan fingerprint density at radius 1 is 1.35 bits per heavy atom. The quantitative estimate of drug-likeness (QED) is 0.754. The van der Waals surface area contributed by atoms with Crippen LogP contribution in [0.3, 0.4) is 0 Å². The number of aliphatic carboxylic acids is 1. The van der Waals surface area contributed by atoms with E-state index < -0.39 is 35.9 Å². The highest BCUT2D eigenvalue weighted by Crippen LogP contribution is 2.35. The van der Waals surface area contributed by atoms with Crippen LogP contribution in [0.5, 0.6) is 0 Å². The molecule has 2 heterocycles. The number of carboxylic acid groups (broad SMARTS) is 1. The average Bonchev–Trinajstić information content (AvgIpc) is 2.41. The number of hydrogen-bond acceptors (Lipinski definition) is 4. The molecule has 4 unspecified atom stereocenters. The Hall–Kier alpha value is -1.63. The highest BCUT2D eigenvalue weighted by Gasteiger charge is 2.53. The summed E-state index contributed by atoms with van der Waals surface area (Å²) in [5.74, 6) is -2.65. The molecule has 0 aromatic rings. The van der Waals surface area contributed by atoms with Gasteiger partial charge in [-0.15, -0.1) is 0 Å². The predicted octanol–water partition coefficient (Wildman–Crippen LogP) is 0.171. The number of amides is 3. The molecule has 0 aromatic carbocycles.